The van der Waals surface area contributed by atoms with Crippen molar-refractivity contribution in [2.24, 2.45) is 16.8 Å². The van der Waals surface area contributed by atoms with Crippen LogP contribution in [0.1, 0.15) is 43.4 Å². The maximum absolute atomic E-state index is 13.3. The fourth-order valence-electron chi connectivity index (χ4n) is 5.15. The Morgan fingerprint density at radius 3 is 2.49 bits per heavy atom. The molecule has 1 saturated heterocycles. The predicted molar refractivity (Wildman–Crippen MR) is 139 cm³/mol. The molecule has 35 heavy (non-hydrogen) atoms. The Labute approximate surface area is 206 Å². The molecule has 1 saturated carbocycles. The number of amidine groups is 1. The summed E-state index contributed by atoms with van der Waals surface area (Å²) in [6, 6.07) is 12.3. The number of rotatable bonds is 7. The summed E-state index contributed by atoms with van der Waals surface area (Å²) < 4.78 is 0. The van der Waals surface area contributed by atoms with Crippen LogP contribution in [0.4, 0.5) is 5.69 Å². The number of aryl methyl sites for hydroxylation is 1. The Morgan fingerprint density at radius 2 is 1.89 bits per heavy atom. The van der Waals surface area contributed by atoms with Gasteiger partial charge >= 0.3 is 0 Å². The van der Waals surface area contributed by atoms with Crippen molar-refractivity contribution in [3.8, 4) is 11.1 Å². The number of hydrogen-bond donors (Lipinski definition) is 2. The molecule has 7 nitrogen and oxygen atoms in total. The number of anilines is 1. The molecule has 182 valence electrons. The van der Waals surface area contributed by atoms with Gasteiger partial charge in [0, 0.05) is 61.5 Å². The van der Waals surface area contributed by atoms with E-state index in [4.69, 9.17) is 10.4 Å². The van der Waals surface area contributed by atoms with Crippen LogP contribution < -0.4 is 5.32 Å². The van der Waals surface area contributed by atoms with E-state index < -0.39 is 5.54 Å². The molecule has 1 aliphatic carbocycles. The topological polar surface area (TPSA) is 88.9 Å². The Kier molecular flexibility index (Phi) is 5.74. The summed E-state index contributed by atoms with van der Waals surface area (Å²) in [5.41, 5.74) is 5.36. The van der Waals surface area contributed by atoms with E-state index in [1.54, 1.807) is 0 Å². The number of nitrogens with one attached hydrogen (secondary N) is 2. The second-order valence-electron chi connectivity index (χ2n) is 10.4. The highest BCUT2D eigenvalue weighted by Gasteiger charge is 2.58. The molecule has 7 heteroatoms. The van der Waals surface area contributed by atoms with Gasteiger partial charge in [0.05, 0.1) is 0 Å². The lowest BCUT2D eigenvalue weighted by atomic mass is 9.95. The van der Waals surface area contributed by atoms with E-state index in [0.29, 0.717) is 19.6 Å². The van der Waals surface area contributed by atoms with Gasteiger partial charge in [0.15, 0.2) is 0 Å². The summed E-state index contributed by atoms with van der Waals surface area (Å²) >= 11 is 0. The number of nitrogens with zero attached hydrogens (tertiary/aromatic N) is 3. The fourth-order valence-corrected chi connectivity index (χ4v) is 5.15. The zero-order valence-corrected chi connectivity index (χ0v) is 20.9. The molecule has 5 rings (SSSR count). The zero-order valence-electron chi connectivity index (χ0n) is 20.9. The number of amides is 2. The molecule has 0 unspecified atom stereocenters. The van der Waals surface area contributed by atoms with Crippen molar-refractivity contribution in [2.75, 3.05) is 32.0 Å². The average molecular weight is 472 g/mol. The van der Waals surface area contributed by atoms with Gasteiger partial charge in [-0.3, -0.25) is 19.5 Å². The number of benzene rings is 2. The Bertz CT molecular complexity index is 1240. The standard InChI is InChI=1S/C28H33N5O2/c1-17(2)26(34)32-14-19(15-32)16-33-25(31-28(9-10-28)27(33)35)23-7-5-20(11-18(23)3)21-6-8-24(30-4)22(12-21)13-29/h5-8,11-13,17,19,29-30H,9-10,14-16H2,1-4H3. The lowest BCUT2D eigenvalue weighted by Crippen LogP contribution is -2.56. The molecule has 2 fully saturated rings. The van der Waals surface area contributed by atoms with E-state index in [1.807, 2.05) is 42.8 Å². The third-order valence-electron chi connectivity index (χ3n) is 7.42. The van der Waals surface area contributed by atoms with Crippen molar-refractivity contribution in [2.45, 2.75) is 39.2 Å². The molecule has 2 aromatic carbocycles. The number of likely N-dealkylation sites (tertiary alicyclic amines) is 1. The van der Waals surface area contributed by atoms with Crippen LogP contribution in [-0.4, -0.2) is 65.9 Å². The summed E-state index contributed by atoms with van der Waals surface area (Å²) in [6.45, 7) is 7.93. The molecular formula is C28H33N5O2. The van der Waals surface area contributed by atoms with Crippen molar-refractivity contribution in [3.63, 3.8) is 0 Å². The largest absolute Gasteiger partial charge is 0.388 e. The van der Waals surface area contributed by atoms with Gasteiger partial charge in [-0.05, 0) is 48.6 Å². The minimum absolute atomic E-state index is 0.00177. The van der Waals surface area contributed by atoms with Crippen LogP contribution in [0.3, 0.4) is 0 Å². The molecule has 2 aromatic rings. The van der Waals surface area contributed by atoms with E-state index in [9.17, 15) is 9.59 Å². The SMILES string of the molecule is CNc1ccc(-c2ccc(C3=NC4(CC4)C(=O)N3CC3CN(C(=O)C(C)C)C3)c(C)c2)cc1C=N. The smallest absolute Gasteiger partial charge is 0.256 e. The van der Waals surface area contributed by atoms with E-state index in [0.717, 1.165) is 52.2 Å². The Morgan fingerprint density at radius 1 is 1.20 bits per heavy atom. The first-order valence-electron chi connectivity index (χ1n) is 12.4. The molecule has 2 N–H and O–H groups in total. The van der Waals surface area contributed by atoms with Gasteiger partial charge in [-0.15, -0.1) is 0 Å². The zero-order chi connectivity index (χ0) is 24.9. The van der Waals surface area contributed by atoms with Crippen molar-refractivity contribution in [3.05, 3.63) is 53.1 Å². The molecule has 3 aliphatic rings. The van der Waals surface area contributed by atoms with E-state index in [1.165, 1.54) is 6.21 Å². The number of carbonyl (C=O) groups is 2. The van der Waals surface area contributed by atoms with Crippen molar-refractivity contribution in [1.82, 2.24) is 9.80 Å². The normalized spacial score (nSPS) is 18.7. The number of aliphatic imine (C=N–C) groups is 1. The minimum Gasteiger partial charge on any atom is -0.388 e. The van der Waals surface area contributed by atoms with Crippen LogP contribution in [-0.2, 0) is 9.59 Å². The molecule has 2 aliphatic heterocycles. The first kappa shape index (κ1) is 23.3. The van der Waals surface area contributed by atoms with Gasteiger partial charge in [-0.2, -0.15) is 0 Å². The summed E-state index contributed by atoms with van der Waals surface area (Å²) in [5.74, 6) is 1.35. The molecule has 0 aromatic heterocycles. The Balaban J connectivity index is 1.39. The maximum Gasteiger partial charge on any atom is 0.256 e. The molecule has 2 heterocycles. The lowest BCUT2D eigenvalue weighted by molar-refractivity contribution is -0.141. The average Bonchev–Trinajstić information content (AvgIpc) is 3.56. The number of carbonyl (C=O) groups excluding carboxylic acids is 2. The summed E-state index contributed by atoms with van der Waals surface area (Å²) in [4.78, 5) is 34.3. The molecule has 0 bridgehead atoms. The van der Waals surface area contributed by atoms with Crippen molar-refractivity contribution in [1.29, 1.82) is 5.41 Å². The van der Waals surface area contributed by atoms with Crippen LogP contribution in [0.25, 0.3) is 11.1 Å². The van der Waals surface area contributed by atoms with Gasteiger partial charge in [0.25, 0.3) is 5.91 Å². The third kappa shape index (κ3) is 4.03. The summed E-state index contributed by atoms with van der Waals surface area (Å²) in [6.07, 6.45) is 2.99. The maximum atomic E-state index is 13.3. The lowest BCUT2D eigenvalue weighted by Gasteiger charge is -2.42. The van der Waals surface area contributed by atoms with Gasteiger partial charge in [0.2, 0.25) is 5.91 Å². The second kappa shape index (κ2) is 8.63. The van der Waals surface area contributed by atoms with Gasteiger partial charge in [-0.25, -0.2) is 0 Å². The molecule has 2 amide bonds. The van der Waals surface area contributed by atoms with Crippen LogP contribution in [0.15, 0.2) is 41.4 Å². The summed E-state index contributed by atoms with van der Waals surface area (Å²) in [7, 11) is 1.85. The molecule has 0 atom stereocenters. The second-order valence-corrected chi connectivity index (χ2v) is 10.4. The quantitative estimate of drug-likeness (QED) is 0.600. The van der Waals surface area contributed by atoms with Crippen molar-refractivity contribution < 1.29 is 9.59 Å². The van der Waals surface area contributed by atoms with Crippen LogP contribution in [0.2, 0.25) is 0 Å². The first-order chi connectivity index (χ1) is 16.8. The highest BCUT2D eigenvalue weighted by molar-refractivity contribution is 6.17. The van der Waals surface area contributed by atoms with Crippen molar-refractivity contribution >= 4 is 29.6 Å². The monoisotopic (exact) mass is 471 g/mol. The van der Waals surface area contributed by atoms with Crippen LogP contribution >= 0.6 is 0 Å². The van der Waals surface area contributed by atoms with E-state index >= 15 is 0 Å². The van der Waals surface area contributed by atoms with Crippen LogP contribution in [0.5, 0.6) is 0 Å². The highest BCUT2D eigenvalue weighted by atomic mass is 16.2. The summed E-state index contributed by atoms with van der Waals surface area (Å²) in [5, 5.41) is 10.8. The van der Waals surface area contributed by atoms with Gasteiger partial charge < -0.3 is 15.6 Å². The van der Waals surface area contributed by atoms with E-state index in [2.05, 4.69) is 36.5 Å². The Hall–Kier alpha value is -3.48. The predicted octanol–water partition coefficient (Wildman–Crippen LogP) is 3.94. The van der Waals surface area contributed by atoms with Gasteiger partial charge in [-0.1, -0.05) is 38.1 Å². The highest BCUT2D eigenvalue weighted by Crippen LogP contribution is 2.46. The van der Waals surface area contributed by atoms with Gasteiger partial charge in [0.1, 0.15) is 11.4 Å². The molecule has 1 spiro atoms. The first-order valence-corrected chi connectivity index (χ1v) is 12.4. The number of hydrogen-bond acceptors (Lipinski definition) is 5. The minimum atomic E-state index is -0.556. The van der Waals surface area contributed by atoms with E-state index in [-0.39, 0.29) is 23.7 Å². The molecular weight excluding hydrogens is 438 g/mol. The molecule has 0 radical (unpaired) electrons. The van der Waals surface area contributed by atoms with Crippen LogP contribution in [0, 0.1) is 24.2 Å². The third-order valence-corrected chi connectivity index (χ3v) is 7.42. The fraction of sp³-hybridized carbons (Fsp3) is 0.429.